The van der Waals surface area contributed by atoms with Crippen LogP contribution in [0.15, 0.2) is 22.4 Å². The van der Waals surface area contributed by atoms with E-state index < -0.39 is 0 Å². The zero-order valence-electron chi connectivity index (χ0n) is 9.21. The molecule has 1 atom stereocenters. The molecule has 0 spiro atoms. The fourth-order valence-corrected chi connectivity index (χ4v) is 1.61. The van der Waals surface area contributed by atoms with Crippen molar-refractivity contribution in [3.8, 4) is 0 Å². The molecular formula is C10H15N5O. The third-order valence-corrected chi connectivity index (χ3v) is 2.37. The molecule has 6 nitrogen and oxygen atoms in total. The van der Waals surface area contributed by atoms with E-state index in [1.165, 1.54) is 0 Å². The van der Waals surface area contributed by atoms with Crippen LogP contribution in [0.3, 0.4) is 0 Å². The van der Waals surface area contributed by atoms with Crippen LogP contribution in [0.5, 0.6) is 0 Å². The van der Waals surface area contributed by atoms with Crippen molar-refractivity contribution in [1.29, 1.82) is 0 Å². The summed E-state index contributed by atoms with van der Waals surface area (Å²) in [5, 5.41) is 4.23. The van der Waals surface area contributed by atoms with E-state index in [0.717, 1.165) is 18.7 Å². The summed E-state index contributed by atoms with van der Waals surface area (Å²) in [7, 11) is 0. The Hall–Kier alpha value is -1.69. The molecule has 2 N–H and O–H groups in total. The van der Waals surface area contributed by atoms with Crippen molar-refractivity contribution in [2.24, 2.45) is 15.7 Å². The van der Waals surface area contributed by atoms with Gasteiger partial charge in [0.25, 0.3) is 0 Å². The number of rotatable bonds is 2. The van der Waals surface area contributed by atoms with Crippen molar-refractivity contribution in [2.75, 3.05) is 13.2 Å². The summed E-state index contributed by atoms with van der Waals surface area (Å²) in [6.45, 7) is 3.31. The Morgan fingerprint density at radius 3 is 3.31 bits per heavy atom. The van der Waals surface area contributed by atoms with Gasteiger partial charge < -0.3 is 10.5 Å². The van der Waals surface area contributed by atoms with Crippen molar-refractivity contribution in [1.82, 2.24) is 9.78 Å². The van der Waals surface area contributed by atoms with Crippen LogP contribution in [0.2, 0.25) is 0 Å². The van der Waals surface area contributed by atoms with Crippen LogP contribution in [0, 0.1) is 0 Å². The third kappa shape index (κ3) is 2.46. The molecule has 0 saturated carbocycles. The van der Waals surface area contributed by atoms with Crippen molar-refractivity contribution in [2.45, 2.75) is 19.4 Å². The smallest absolute Gasteiger partial charge is 0.220 e. The van der Waals surface area contributed by atoms with Gasteiger partial charge in [0.05, 0.1) is 25.0 Å². The van der Waals surface area contributed by atoms with Crippen LogP contribution in [0.1, 0.15) is 19.4 Å². The van der Waals surface area contributed by atoms with Crippen LogP contribution in [0.4, 0.5) is 5.69 Å². The molecule has 0 amide bonds. The van der Waals surface area contributed by atoms with Crippen molar-refractivity contribution >= 4 is 17.9 Å². The van der Waals surface area contributed by atoms with Crippen LogP contribution >= 0.6 is 0 Å². The van der Waals surface area contributed by atoms with Gasteiger partial charge in [-0.15, -0.1) is 0 Å². The minimum atomic E-state index is 0.240. The van der Waals surface area contributed by atoms with Gasteiger partial charge in [-0.1, -0.05) is 0 Å². The topological polar surface area (TPSA) is 77.8 Å². The number of ether oxygens (including phenoxy) is 1. The largest absolute Gasteiger partial charge is 0.379 e. The first-order valence-corrected chi connectivity index (χ1v) is 5.24. The Labute approximate surface area is 93.8 Å². The molecule has 1 aromatic rings. The summed E-state index contributed by atoms with van der Waals surface area (Å²) < 4.78 is 7.17. The van der Waals surface area contributed by atoms with Crippen LogP contribution in [-0.4, -0.2) is 35.2 Å². The molecule has 6 heteroatoms. The molecule has 1 aliphatic rings. The molecule has 2 rings (SSSR count). The van der Waals surface area contributed by atoms with Crippen molar-refractivity contribution in [3.05, 3.63) is 12.4 Å². The fraction of sp³-hybridized carbons (Fsp3) is 0.500. The normalized spacial score (nSPS) is 22.1. The zero-order chi connectivity index (χ0) is 11.4. The predicted molar refractivity (Wildman–Crippen MR) is 62.1 cm³/mol. The molecule has 0 aliphatic carbocycles. The van der Waals surface area contributed by atoms with Gasteiger partial charge in [-0.25, -0.2) is 9.98 Å². The number of hydrogen-bond donors (Lipinski definition) is 1. The highest BCUT2D eigenvalue weighted by molar-refractivity contribution is 5.87. The average molecular weight is 221 g/mol. The maximum absolute atomic E-state index is 5.57. The number of guanidine groups is 1. The Morgan fingerprint density at radius 2 is 2.62 bits per heavy atom. The van der Waals surface area contributed by atoms with Gasteiger partial charge in [0, 0.05) is 12.8 Å². The van der Waals surface area contributed by atoms with Gasteiger partial charge in [-0.2, -0.15) is 5.10 Å². The monoisotopic (exact) mass is 221 g/mol. The Kier molecular flexibility index (Phi) is 3.31. The second kappa shape index (κ2) is 4.89. The number of nitrogens with zero attached hydrogens (tertiary/aromatic N) is 4. The maximum Gasteiger partial charge on any atom is 0.220 e. The number of hydrogen-bond acceptors (Lipinski definition) is 3. The van der Waals surface area contributed by atoms with Gasteiger partial charge in [0.1, 0.15) is 5.69 Å². The maximum atomic E-state index is 5.57. The van der Waals surface area contributed by atoms with Crippen molar-refractivity contribution in [3.63, 3.8) is 0 Å². The Balaban J connectivity index is 2.09. The van der Waals surface area contributed by atoms with E-state index in [0.29, 0.717) is 12.6 Å². The first kappa shape index (κ1) is 10.8. The number of nitrogens with two attached hydrogens (primary N) is 1. The van der Waals surface area contributed by atoms with E-state index >= 15 is 0 Å². The lowest BCUT2D eigenvalue weighted by Crippen LogP contribution is -2.08. The van der Waals surface area contributed by atoms with E-state index in [1.54, 1.807) is 19.3 Å². The average Bonchev–Trinajstić information content (AvgIpc) is 2.86. The predicted octanol–water partition coefficient (Wildman–Crippen LogP) is 0.881. The van der Waals surface area contributed by atoms with Crippen molar-refractivity contribution < 1.29 is 4.74 Å². The Bertz CT molecular complexity index is 403. The molecule has 1 saturated heterocycles. The van der Waals surface area contributed by atoms with Crippen LogP contribution < -0.4 is 5.73 Å². The lowest BCUT2D eigenvalue weighted by Gasteiger charge is -2.06. The van der Waals surface area contributed by atoms with E-state index in [2.05, 4.69) is 15.1 Å². The standard InChI is InChI=1S/C10H15N5O/c1-2-12-10(11)14-8-5-13-15(6-8)9-3-4-16-7-9/h2,5-6,9H,3-4,7H2,1H3,(H2,11,14). The fourth-order valence-electron chi connectivity index (χ4n) is 1.61. The minimum absolute atomic E-state index is 0.240. The lowest BCUT2D eigenvalue weighted by atomic mass is 10.3. The van der Waals surface area contributed by atoms with Crippen LogP contribution in [-0.2, 0) is 4.74 Å². The number of aliphatic imine (C=N–C) groups is 2. The highest BCUT2D eigenvalue weighted by atomic mass is 16.5. The SMILES string of the molecule is CC=NC(N)=Nc1cnn(C2CCOC2)c1. The first-order valence-electron chi connectivity index (χ1n) is 5.24. The molecule has 1 aromatic heterocycles. The van der Waals surface area contributed by atoms with E-state index in [1.807, 2.05) is 10.9 Å². The summed E-state index contributed by atoms with van der Waals surface area (Å²) >= 11 is 0. The highest BCUT2D eigenvalue weighted by Crippen LogP contribution is 2.20. The van der Waals surface area contributed by atoms with Gasteiger partial charge in [0.2, 0.25) is 5.96 Å². The summed E-state index contributed by atoms with van der Waals surface area (Å²) in [6.07, 6.45) is 6.13. The lowest BCUT2D eigenvalue weighted by molar-refractivity contribution is 0.184. The second-order valence-corrected chi connectivity index (χ2v) is 3.55. The molecule has 1 unspecified atom stereocenters. The summed E-state index contributed by atoms with van der Waals surface area (Å²) in [5.74, 6) is 0.240. The molecule has 1 aliphatic heterocycles. The highest BCUT2D eigenvalue weighted by Gasteiger charge is 2.18. The number of aromatic nitrogens is 2. The molecule has 0 radical (unpaired) electrons. The van der Waals surface area contributed by atoms with E-state index in [-0.39, 0.29) is 5.96 Å². The second-order valence-electron chi connectivity index (χ2n) is 3.55. The molecule has 2 heterocycles. The third-order valence-electron chi connectivity index (χ3n) is 2.37. The Morgan fingerprint density at radius 1 is 1.75 bits per heavy atom. The molecule has 86 valence electrons. The summed E-state index contributed by atoms with van der Waals surface area (Å²) in [4.78, 5) is 7.98. The molecule has 1 fully saturated rings. The van der Waals surface area contributed by atoms with Gasteiger partial charge in [0.15, 0.2) is 0 Å². The quantitative estimate of drug-likeness (QED) is 0.595. The van der Waals surface area contributed by atoms with Gasteiger partial charge >= 0.3 is 0 Å². The van der Waals surface area contributed by atoms with Gasteiger partial charge in [-0.05, 0) is 13.3 Å². The van der Waals surface area contributed by atoms with Gasteiger partial charge in [-0.3, -0.25) is 4.68 Å². The molecule has 16 heavy (non-hydrogen) atoms. The van der Waals surface area contributed by atoms with E-state index in [4.69, 9.17) is 10.5 Å². The first-order chi connectivity index (χ1) is 7.79. The minimum Gasteiger partial charge on any atom is -0.379 e. The molecule has 0 bridgehead atoms. The molecule has 0 aromatic carbocycles. The zero-order valence-corrected chi connectivity index (χ0v) is 9.21. The summed E-state index contributed by atoms with van der Waals surface area (Å²) in [6, 6.07) is 0.319. The molecular weight excluding hydrogens is 206 g/mol. The van der Waals surface area contributed by atoms with Crippen LogP contribution in [0.25, 0.3) is 0 Å². The van der Waals surface area contributed by atoms with E-state index in [9.17, 15) is 0 Å². The summed E-state index contributed by atoms with van der Waals surface area (Å²) in [5.41, 5.74) is 6.29.